The second-order valence-corrected chi connectivity index (χ2v) is 6.63. The van der Waals surface area contributed by atoms with E-state index in [9.17, 15) is 4.79 Å². The molecule has 0 heterocycles. The number of carbonyl (C=O) groups is 1. The Hall–Kier alpha value is -0.910. The fourth-order valence-electron chi connectivity index (χ4n) is 2.45. The van der Waals surface area contributed by atoms with E-state index >= 15 is 0 Å². The molecule has 0 spiro atoms. The van der Waals surface area contributed by atoms with Crippen LogP contribution in [0.4, 0.5) is 0 Å². The predicted molar refractivity (Wildman–Crippen MR) is 83.3 cm³/mol. The third-order valence-corrected chi connectivity index (χ3v) is 4.05. The Morgan fingerprint density at radius 2 is 2.10 bits per heavy atom. The van der Waals surface area contributed by atoms with Crippen molar-refractivity contribution in [2.24, 2.45) is 17.3 Å². The van der Waals surface area contributed by atoms with E-state index in [-0.39, 0.29) is 27.7 Å². The lowest BCUT2D eigenvalue weighted by molar-refractivity contribution is -0.147. The van der Waals surface area contributed by atoms with Gasteiger partial charge < -0.3 is 4.74 Å². The number of allylic oxidation sites excluding steroid dienone is 2. The average Bonchev–Trinajstić information content (AvgIpc) is 2.86. The van der Waals surface area contributed by atoms with E-state index in [0.29, 0.717) is 0 Å². The standard InChI is InChI=1S/C16H20Cl2O2/c1-6-8-10(3)12(7-2)20-15(19)14-11(9-13(17)18)16(14,4)5/h2,8-9,11-12,14H,6H2,1,3-5H3. The Morgan fingerprint density at radius 1 is 1.50 bits per heavy atom. The summed E-state index contributed by atoms with van der Waals surface area (Å²) in [4.78, 5) is 12.2. The molecule has 1 aliphatic rings. The van der Waals surface area contributed by atoms with E-state index in [2.05, 4.69) is 5.92 Å². The molecular weight excluding hydrogens is 295 g/mol. The van der Waals surface area contributed by atoms with E-state index in [1.165, 1.54) is 0 Å². The summed E-state index contributed by atoms with van der Waals surface area (Å²) in [7, 11) is 0. The molecule has 0 radical (unpaired) electrons. The smallest absolute Gasteiger partial charge is 0.311 e. The van der Waals surface area contributed by atoms with Crippen molar-refractivity contribution in [3.63, 3.8) is 0 Å². The maximum atomic E-state index is 12.2. The van der Waals surface area contributed by atoms with Crippen molar-refractivity contribution in [2.45, 2.75) is 40.2 Å². The van der Waals surface area contributed by atoms with Gasteiger partial charge in [0.1, 0.15) is 4.49 Å². The van der Waals surface area contributed by atoms with Gasteiger partial charge in [0.25, 0.3) is 0 Å². The highest BCUT2D eigenvalue weighted by molar-refractivity contribution is 6.55. The van der Waals surface area contributed by atoms with Crippen molar-refractivity contribution >= 4 is 29.2 Å². The second kappa shape index (κ2) is 6.70. The minimum atomic E-state index is -0.602. The number of halogens is 2. The number of ether oxygens (including phenoxy) is 1. The molecule has 0 aromatic rings. The minimum absolute atomic E-state index is 0.00566. The maximum Gasteiger partial charge on any atom is 0.311 e. The predicted octanol–water partition coefficient (Wildman–Crippen LogP) is 4.48. The first kappa shape index (κ1) is 17.1. The van der Waals surface area contributed by atoms with E-state index in [4.69, 9.17) is 34.4 Å². The van der Waals surface area contributed by atoms with Crippen LogP contribution >= 0.6 is 23.2 Å². The van der Waals surface area contributed by atoms with Gasteiger partial charge in [-0.15, -0.1) is 6.42 Å². The number of carbonyl (C=O) groups excluding carboxylic acids is 1. The maximum absolute atomic E-state index is 12.2. The van der Waals surface area contributed by atoms with Crippen LogP contribution in [0.2, 0.25) is 0 Å². The Labute approximate surface area is 131 Å². The van der Waals surface area contributed by atoms with Crippen LogP contribution in [0.25, 0.3) is 0 Å². The highest BCUT2D eigenvalue weighted by Crippen LogP contribution is 2.60. The zero-order chi connectivity index (χ0) is 15.5. The van der Waals surface area contributed by atoms with E-state index in [1.807, 2.05) is 33.8 Å². The molecule has 2 nitrogen and oxygen atoms in total. The van der Waals surface area contributed by atoms with Crippen LogP contribution in [0.5, 0.6) is 0 Å². The van der Waals surface area contributed by atoms with Crippen LogP contribution in [-0.4, -0.2) is 12.1 Å². The summed E-state index contributed by atoms with van der Waals surface area (Å²) in [5, 5.41) is 0. The quantitative estimate of drug-likeness (QED) is 0.425. The Kier molecular flexibility index (Phi) is 5.74. The molecular formula is C16H20Cl2O2. The van der Waals surface area contributed by atoms with E-state index in [1.54, 1.807) is 6.08 Å². The topological polar surface area (TPSA) is 26.3 Å². The SMILES string of the molecule is C#CC(OC(=O)C1C(C=C(Cl)Cl)C1(C)C)C(C)=CCC. The summed E-state index contributed by atoms with van der Waals surface area (Å²) in [6, 6.07) is 0. The molecule has 0 aromatic heterocycles. The molecule has 20 heavy (non-hydrogen) atoms. The van der Waals surface area contributed by atoms with Crippen molar-refractivity contribution in [1.82, 2.24) is 0 Å². The van der Waals surface area contributed by atoms with Crippen molar-refractivity contribution < 1.29 is 9.53 Å². The van der Waals surface area contributed by atoms with Crippen molar-refractivity contribution in [2.75, 3.05) is 0 Å². The van der Waals surface area contributed by atoms with Gasteiger partial charge in [-0.25, -0.2) is 0 Å². The third kappa shape index (κ3) is 3.81. The normalized spacial score (nSPS) is 25.4. The molecule has 0 bridgehead atoms. The van der Waals surface area contributed by atoms with Crippen molar-refractivity contribution in [3.8, 4) is 12.3 Å². The number of rotatable bonds is 5. The summed E-state index contributed by atoms with van der Waals surface area (Å²) in [5.41, 5.74) is 0.678. The summed E-state index contributed by atoms with van der Waals surface area (Å²) in [5.74, 6) is 1.96. The molecule has 1 rings (SSSR count). The van der Waals surface area contributed by atoms with Gasteiger partial charge in [-0.1, -0.05) is 56.0 Å². The summed E-state index contributed by atoms with van der Waals surface area (Å²) in [6.45, 7) is 7.84. The van der Waals surface area contributed by atoms with E-state index in [0.717, 1.165) is 12.0 Å². The van der Waals surface area contributed by atoms with Crippen LogP contribution in [0.1, 0.15) is 34.1 Å². The first-order valence-corrected chi connectivity index (χ1v) is 7.37. The van der Waals surface area contributed by atoms with Gasteiger partial charge in [-0.2, -0.15) is 0 Å². The second-order valence-electron chi connectivity index (χ2n) is 5.62. The van der Waals surface area contributed by atoms with Crippen LogP contribution < -0.4 is 0 Å². The lowest BCUT2D eigenvalue weighted by Crippen LogP contribution is -2.20. The first-order chi connectivity index (χ1) is 9.25. The summed E-state index contributed by atoms with van der Waals surface area (Å²) < 4.78 is 5.60. The highest BCUT2D eigenvalue weighted by Gasteiger charge is 2.61. The van der Waals surface area contributed by atoms with Gasteiger partial charge in [-0.3, -0.25) is 4.79 Å². The Bertz CT molecular complexity index is 479. The molecule has 0 amide bonds. The fourth-order valence-corrected chi connectivity index (χ4v) is 2.72. The first-order valence-electron chi connectivity index (χ1n) is 6.61. The molecule has 1 fully saturated rings. The molecule has 3 unspecified atom stereocenters. The molecule has 4 heteroatoms. The lowest BCUT2D eigenvalue weighted by Gasteiger charge is -2.13. The number of terminal acetylenes is 1. The molecule has 3 atom stereocenters. The lowest BCUT2D eigenvalue weighted by atomic mass is 10.1. The minimum Gasteiger partial charge on any atom is -0.444 e. The molecule has 1 saturated carbocycles. The molecule has 0 N–H and O–H groups in total. The van der Waals surface area contributed by atoms with Crippen LogP contribution in [0.15, 0.2) is 22.2 Å². The van der Waals surface area contributed by atoms with Crippen molar-refractivity contribution in [3.05, 3.63) is 22.2 Å². The van der Waals surface area contributed by atoms with Crippen LogP contribution in [-0.2, 0) is 9.53 Å². The van der Waals surface area contributed by atoms with Gasteiger partial charge in [0.05, 0.1) is 5.92 Å². The fraction of sp³-hybridized carbons (Fsp3) is 0.562. The van der Waals surface area contributed by atoms with Crippen LogP contribution in [0, 0.1) is 29.6 Å². The van der Waals surface area contributed by atoms with Crippen molar-refractivity contribution in [1.29, 1.82) is 0 Å². The number of esters is 1. The molecule has 0 aliphatic heterocycles. The average molecular weight is 315 g/mol. The zero-order valence-corrected chi connectivity index (χ0v) is 13.8. The molecule has 110 valence electrons. The van der Waals surface area contributed by atoms with E-state index < -0.39 is 6.10 Å². The van der Waals surface area contributed by atoms with Gasteiger partial charge in [0, 0.05) is 0 Å². The van der Waals surface area contributed by atoms with Gasteiger partial charge >= 0.3 is 5.97 Å². The van der Waals surface area contributed by atoms with Crippen LogP contribution in [0.3, 0.4) is 0 Å². The third-order valence-electron chi connectivity index (χ3n) is 3.80. The Balaban J connectivity index is 2.76. The van der Waals surface area contributed by atoms with Gasteiger partial charge in [-0.05, 0) is 36.3 Å². The van der Waals surface area contributed by atoms with Gasteiger partial charge in [0.2, 0.25) is 0 Å². The zero-order valence-electron chi connectivity index (χ0n) is 12.2. The number of hydrogen-bond donors (Lipinski definition) is 0. The molecule has 0 saturated heterocycles. The summed E-state index contributed by atoms with van der Waals surface area (Å²) in [6.07, 6.45) is 9.33. The molecule has 0 aromatic carbocycles. The number of hydrogen-bond acceptors (Lipinski definition) is 2. The monoisotopic (exact) mass is 314 g/mol. The highest BCUT2D eigenvalue weighted by atomic mass is 35.5. The van der Waals surface area contributed by atoms with Gasteiger partial charge in [0.15, 0.2) is 6.10 Å². The molecule has 1 aliphatic carbocycles. The summed E-state index contributed by atoms with van der Waals surface area (Å²) >= 11 is 11.3. The Morgan fingerprint density at radius 3 is 2.55 bits per heavy atom. The largest absolute Gasteiger partial charge is 0.444 e.